The molecule has 0 aromatic rings. The van der Waals surface area contributed by atoms with Crippen LogP contribution in [0.15, 0.2) is 0 Å². The Kier molecular flexibility index (Phi) is 5.22. The van der Waals surface area contributed by atoms with E-state index >= 15 is 0 Å². The van der Waals surface area contributed by atoms with Gasteiger partial charge in [-0.15, -0.1) is 0 Å². The van der Waals surface area contributed by atoms with Crippen molar-refractivity contribution in [3.8, 4) is 0 Å². The fraction of sp³-hybridized carbons (Fsp3) is 0.917. The summed E-state index contributed by atoms with van der Waals surface area (Å²) in [6.07, 6.45) is 3.36. The number of nitrogens with zero attached hydrogens (tertiary/aromatic N) is 1. The average Bonchev–Trinajstić information content (AvgIpc) is 2.66. The Bertz CT molecular complexity index is 232. The Labute approximate surface area is 97.6 Å². The van der Waals surface area contributed by atoms with E-state index < -0.39 is 12.1 Å². The minimum absolute atomic E-state index is 0.0883. The van der Waals surface area contributed by atoms with Gasteiger partial charge in [0.05, 0.1) is 6.10 Å². The molecule has 94 valence electrons. The van der Waals surface area contributed by atoms with Gasteiger partial charge in [0.25, 0.3) is 0 Å². The largest absolute Gasteiger partial charge is 0.479 e. The van der Waals surface area contributed by atoms with E-state index in [4.69, 9.17) is 9.84 Å². The number of hydrogen-bond donors (Lipinski definition) is 1. The summed E-state index contributed by atoms with van der Waals surface area (Å²) in [5, 5.41) is 8.82. The Balaban J connectivity index is 2.30. The highest BCUT2D eigenvalue weighted by Crippen LogP contribution is 2.21. The maximum Gasteiger partial charge on any atom is 0.332 e. The molecule has 0 aromatic heterocycles. The minimum atomic E-state index is -0.827. The maximum atomic E-state index is 10.7. The fourth-order valence-corrected chi connectivity index (χ4v) is 2.16. The van der Waals surface area contributed by atoms with Gasteiger partial charge in [-0.25, -0.2) is 4.79 Å². The standard InChI is InChI=1S/C12H23NO3/c1-4-5-9(2)13(3)8-10-6-7-11(16-10)12(14)15/h9-11H,4-8H2,1-3H3,(H,14,15). The van der Waals surface area contributed by atoms with Gasteiger partial charge in [-0.2, -0.15) is 0 Å². The lowest BCUT2D eigenvalue weighted by Gasteiger charge is -2.26. The summed E-state index contributed by atoms with van der Waals surface area (Å²) in [6, 6.07) is 0.539. The van der Waals surface area contributed by atoms with Gasteiger partial charge >= 0.3 is 5.97 Å². The second kappa shape index (κ2) is 6.21. The van der Waals surface area contributed by atoms with Crippen LogP contribution < -0.4 is 0 Å². The van der Waals surface area contributed by atoms with Crippen LogP contribution in [0.5, 0.6) is 0 Å². The summed E-state index contributed by atoms with van der Waals surface area (Å²) in [4.78, 5) is 13.0. The fourth-order valence-electron chi connectivity index (χ4n) is 2.16. The van der Waals surface area contributed by atoms with E-state index in [0.29, 0.717) is 12.5 Å². The first-order chi connectivity index (χ1) is 7.54. The normalized spacial score (nSPS) is 27.2. The molecule has 1 heterocycles. The van der Waals surface area contributed by atoms with Crippen molar-refractivity contribution in [1.29, 1.82) is 0 Å². The maximum absolute atomic E-state index is 10.7. The molecular formula is C12H23NO3. The van der Waals surface area contributed by atoms with Crippen molar-refractivity contribution >= 4 is 5.97 Å². The van der Waals surface area contributed by atoms with E-state index in [1.54, 1.807) is 0 Å². The molecule has 4 nitrogen and oxygen atoms in total. The van der Waals surface area contributed by atoms with Crippen LogP contribution in [0, 0.1) is 0 Å². The van der Waals surface area contributed by atoms with Crippen LogP contribution in [-0.2, 0) is 9.53 Å². The van der Waals surface area contributed by atoms with Crippen molar-refractivity contribution in [1.82, 2.24) is 4.90 Å². The van der Waals surface area contributed by atoms with Crippen molar-refractivity contribution in [3.63, 3.8) is 0 Å². The van der Waals surface area contributed by atoms with Crippen molar-refractivity contribution in [2.45, 2.75) is 57.8 Å². The second-order valence-corrected chi connectivity index (χ2v) is 4.74. The number of carboxylic acids is 1. The molecule has 1 N–H and O–H groups in total. The lowest BCUT2D eigenvalue weighted by Crippen LogP contribution is -2.36. The number of aliphatic carboxylic acids is 1. The van der Waals surface area contributed by atoms with E-state index in [2.05, 4.69) is 25.8 Å². The van der Waals surface area contributed by atoms with Crippen LogP contribution in [0.2, 0.25) is 0 Å². The highest BCUT2D eigenvalue weighted by Gasteiger charge is 2.31. The zero-order valence-electron chi connectivity index (χ0n) is 10.5. The summed E-state index contributed by atoms with van der Waals surface area (Å²) in [5.74, 6) is -0.827. The molecule has 4 heteroatoms. The Morgan fingerprint density at radius 2 is 2.25 bits per heavy atom. The number of likely N-dealkylation sites (N-methyl/N-ethyl adjacent to an activating group) is 1. The first-order valence-corrected chi connectivity index (χ1v) is 6.13. The van der Waals surface area contributed by atoms with Gasteiger partial charge in [-0.05, 0) is 33.2 Å². The topological polar surface area (TPSA) is 49.8 Å². The number of carbonyl (C=O) groups is 1. The van der Waals surface area contributed by atoms with Crippen LogP contribution in [0.3, 0.4) is 0 Å². The van der Waals surface area contributed by atoms with Crippen LogP contribution in [-0.4, -0.2) is 47.8 Å². The summed E-state index contributed by atoms with van der Waals surface area (Å²) >= 11 is 0. The van der Waals surface area contributed by atoms with E-state index in [-0.39, 0.29) is 6.10 Å². The number of rotatable bonds is 6. The zero-order chi connectivity index (χ0) is 12.1. The van der Waals surface area contributed by atoms with E-state index in [0.717, 1.165) is 13.0 Å². The molecule has 1 saturated heterocycles. The molecule has 0 saturated carbocycles. The Morgan fingerprint density at radius 3 is 2.75 bits per heavy atom. The number of carboxylic acid groups (broad SMARTS) is 1. The van der Waals surface area contributed by atoms with Crippen molar-refractivity contribution in [2.75, 3.05) is 13.6 Å². The van der Waals surface area contributed by atoms with Crippen molar-refractivity contribution in [2.24, 2.45) is 0 Å². The molecule has 3 unspecified atom stereocenters. The molecular weight excluding hydrogens is 206 g/mol. The predicted molar refractivity (Wildman–Crippen MR) is 62.5 cm³/mol. The summed E-state index contributed by atoms with van der Waals surface area (Å²) < 4.78 is 5.48. The van der Waals surface area contributed by atoms with Crippen molar-refractivity contribution in [3.05, 3.63) is 0 Å². The smallest absolute Gasteiger partial charge is 0.332 e. The minimum Gasteiger partial charge on any atom is -0.479 e. The highest BCUT2D eigenvalue weighted by atomic mass is 16.5. The van der Waals surface area contributed by atoms with Gasteiger partial charge in [0.1, 0.15) is 0 Å². The Hall–Kier alpha value is -0.610. The summed E-state index contributed by atoms with van der Waals surface area (Å²) in [5.41, 5.74) is 0. The van der Waals surface area contributed by atoms with Gasteiger partial charge in [-0.1, -0.05) is 13.3 Å². The SMILES string of the molecule is CCCC(C)N(C)CC1CCC(C(=O)O)O1. The van der Waals surface area contributed by atoms with E-state index in [1.807, 2.05) is 0 Å². The van der Waals surface area contributed by atoms with Crippen molar-refractivity contribution < 1.29 is 14.6 Å². The quantitative estimate of drug-likeness (QED) is 0.753. The Morgan fingerprint density at radius 1 is 1.56 bits per heavy atom. The molecule has 0 aromatic carbocycles. The summed E-state index contributed by atoms with van der Waals surface area (Å²) in [7, 11) is 2.08. The molecule has 1 fully saturated rings. The first-order valence-electron chi connectivity index (χ1n) is 6.13. The second-order valence-electron chi connectivity index (χ2n) is 4.74. The van der Waals surface area contributed by atoms with Crippen LogP contribution >= 0.6 is 0 Å². The lowest BCUT2D eigenvalue weighted by atomic mass is 10.1. The van der Waals surface area contributed by atoms with Crippen LogP contribution in [0.25, 0.3) is 0 Å². The molecule has 0 amide bonds. The molecule has 16 heavy (non-hydrogen) atoms. The van der Waals surface area contributed by atoms with Crippen LogP contribution in [0.4, 0.5) is 0 Å². The lowest BCUT2D eigenvalue weighted by molar-refractivity contribution is -0.149. The zero-order valence-corrected chi connectivity index (χ0v) is 10.5. The molecule has 1 aliphatic rings. The molecule has 0 aliphatic carbocycles. The molecule has 0 bridgehead atoms. The van der Waals surface area contributed by atoms with Gasteiger partial charge in [0, 0.05) is 12.6 Å². The van der Waals surface area contributed by atoms with Gasteiger partial charge in [-0.3, -0.25) is 0 Å². The van der Waals surface area contributed by atoms with Crippen LogP contribution in [0.1, 0.15) is 39.5 Å². The average molecular weight is 229 g/mol. The third kappa shape index (κ3) is 3.76. The molecule has 1 rings (SSSR count). The highest BCUT2D eigenvalue weighted by molar-refractivity contribution is 5.72. The molecule has 0 radical (unpaired) electrons. The third-order valence-corrected chi connectivity index (χ3v) is 3.33. The number of ether oxygens (including phenoxy) is 1. The molecule has 3 atom stereocenters. The monoisotopic (exact) mass is 229 g/mol. The van der Waals surface area contributed by atoms with E-state index in [1.165, 1.54) is 12.8 Å². The first kappa shape index (κ1) is 13.5. The molecule has 0 spiro atoms. The van der Waals surface area contributed by atoms with Gasteiger partial charge in [0.15, 0.2) is 6.10 Å². The molecule has 1 aliphatic heterocycles. The van der Waals surface area contributed by atoms with Gasteiger partial charge in [0.2, 0.25) is 0 Å². The van der Waals surface area contributed by atoms with E-state index in [9.17, 15) is 4.79 Å². The third-order valence-electron chi connectivity index (χ3n) is 3.33. The summed E-state index contributed by atoms with van der Waals surface area (Å²) in [6.45, 7) is 5.22. The number of hydrogen-bond acceptors (Lipinski definition) is 3. The van der Waals surface area contributed by atoms with Gasteiger partial charge < -0.3 is 14.7 Å². The predicted octanol–water partition coefficient (Wildman–Crippen LogP) is 1.74.